The van der Waals surface area contributed by atoms with Crippen molar-refractivity contribution in [1.82, 2.24) is 0 Å². The molecule has 0 unspecified atom stereocenters. The van der Waals surface area contributed by atoms with Crippen molar-refractivity contribution in [3.8, 4) is 0 Å². The second kappa shape index (κ2) is 8.32. The molecule has 4 nitrogen and oxygen atoms in total. The average Bonchev–Trinajstić information content (AvgIpc) is 3.52. The fourth-order valence-corrected chi connectivity index (χ4v) is 10.9. The van der Waals surface area contributed by atoms with Gasteiger partial charge in [-0.25, -0.2) is 0 Å². The first-order chi connectivity index (χ1) is 16.6. The SMILES string of the molecule is CC(=O)O[C@H]1[C@@H]([N+]2(C)CCCC2)C[C@H]2[C@@H]3CC=C4C[C@@H]([N+]5(C)CCCC5)CC[C@]4(C)[C@H]3CC[C@@]21C. The number of esters is 1. The summed E-state index contributed by atoms with van der Waals surface area (Å²) in [6.45, 7) is 12.1. The van der Waals surface area contributed by atoms with Gasteiger partial charge in [0.25, 0.3) is 0 Å². The zero-order valence-corrected chi connectivity index (χ0v) is 23.4. The first kappa shape index (κ1) is 24.5. The van der Waals surface area contributed by atoms with Gasteiger partial charge in [0.05, 0.1) is 46.3 Å². The van der Waals surface area contributed by atoms with Crippen molar-refractivity contribution in [1.29, 1.82) is 0 Å². The highest BCUT2D eigenvalue weighted by Crippen LogP contribution is 2.66. The molecule has 0 aromatic heterocycles. The number of likely N-dealkylation sites (tertiary alicyclic amines) is 2. The van der Waals surface area contributed by atoms with Crippen molar-refractivity contribution in [2.24, 2.45) is 28.6 Å². The van der Waals surface area contributed by atoms with Gasteiger partial charge < -0.3 is 13.7 Å². The summed E-state index contributed by atoms with van der Waals surface area (Å²) in [5.74, 6) is 2.23. The van der Waals surface area contributed by atoms with Gasteiger partial charge in [-0.2, -0.15) is 0 Å². The van der Waals surface area contributed by atoms with E-state index in [2.05, 4.69) is 34.0 Å². The van der Waals surface area contributed by atoms with E-state index in [0.717, 1.165) is 22.4 Å². The average molecular weight is 485 g/mol. The Labute approximate surface area is 214 Å². The summed E-state index contributed by atoms with van der Waals surface area (Å²) in [4.78, 5) is 12.3. The lowest BCUT2D eigenvalue weighted by atomic mass is 9.47. The maximum absolute atomic E-state index is 12.3. The molecule has 0 N–H and O–H groups in total. The van der Waals surface area contributed by atoms with E-state index < -0.39 is 0 Å². The summed E-state index contributed by atoms with van der Waals surface area (Å²) in [6.07, 6.45) is 17.6. The van der Waals surface area contributed by atoms with Crippen LogP contribution in [0.3, 0.4) is 0 Å². The van der Waals surface area contributed by atoms with Gasteiger partial charge in [0.2, 0.25) is 0 Å². The largest absolute Gasteiger partial charge is 0.456 e. The minimum atomic E-state index is -0.0653. The molecule has 4 aliphatic carbocycles. The highest BCUT2D eigenvalue weighted by Gasteiger charge is 2.66. The number of allylic oxidation sites excluding steroid dienone is 1. The second-order valence-electron chi connectivity index (χ2n) is 14.8. The molecule has 0 aromatic rings. The number of ether oxygens (including phenoxy) is 1. The first-order valence-corrected chi connectivity index (χ1v) is 15.1. The van der Waals surface area contributed by atoms with Crippen LogP contribution in [0.15, 0.2) is 11.6 Å². The molecule has 5 fully saturated rings. The Morgan fingerprint density at radius 1 is 0.943 bits per heavy atom. The van der Waals surface area contributed by atoms with Crippen molar-refractivity contribution in [3.05, 3.63) is 11.6 Å². The van der Waals surface area contributed by atoms with E-state index in [1.54, 1.807) is 6.92 Å². The van der Waals surface area contributed by atoms with E-state index in [9.17, 15) is 4.79 Å². The molecule has 2 heterocycles. The number of hydrogen-bond acceptors (Lipinski definition) is 2. The summed E-state index contributed by atoms with van der Waals surface area (Å²) >= 11 is 0. The van der Waals surface area contributed by atoms with E-state index in [0.29, 0.717) is 17.4 Å². The Kier molecular flexibility index (Phi) is 5.81. The van der Waals surface area contributed by atoms with Gasteiger partial charge in [-0.15, -0.1) is 0 Å². The summed E-state index contributed by atoms with van der Waals surface area (Å²) in [6, 6.07) is 1.34. The topological polar surface area (TPSA) is 26.3 Å². The molecule has 4 heteroatoms. The maximum Gasteiger partial charge on any atom is 0.303 e. The molecule has 0 amide bonds. The summed E-state index contributed by atoms with van der Waals surface area (Å²) in [5, 5.41) is 0. The Balaban J connectivity index is 1.29. The van der Waals surface area contributed by atoms with Gasteiger partial charge in [-0.05, 0) is 48.9 Å². The molecule has 8 atom stereocenters. The Bertz CT molecular complexity index is 884. The van der Waals surface area contributed by atoms with Gasteiger partial charge in [0.15, 0.2) is 6.10 Å². The summed E-state index contributed by atoms with van der Waals surface area (Å²) in [5.41, 5.74) is 2.38. The fourth-order valence-electron chi connectivity index (χ4n) is 10.9. The molecule has 3 saturated carbocycles. The Hall–Kier alpha value is -0.870. The Morgan fingerprint density at radius 3 is 2.26 bits per heavy atom. The van der Waals surface area contributed by atoms with Gasteiger partial charge in [0, 0.05) is 57.3 Å². The van der Waals surface area contributed by atoms with Crippen LogP contribution in [0.5, 0.6) is 0 Å². The number of rotatable bonds is 3. The standard InChI is InChI=1S/C31H52N2O2/c1-22(34)35-29-28(33(5)18-8-9-19-33)21-27-25-11-10-23-20-24(32(4)16-6-7-17-32)12-14-30(23,2)26(25)13-15-31(27,29)3/h10,24-29H,6-9,11-21H2,1-5H3/q+2/t24-,25+,26-,27-,28-,29-,30-,31-/m0/s1. The van der Waals surface area contributed by atoms with Crippen LogP contribution in [-0.2, 0) is 9.53 Å². The van der Waals surface area contributed by atoms with Crippen molar-refractivity contribution in [2.75, 3.05) is 40.3 Å². The molecule has 2 saturated heterocycles. The summed E-state index contributed by atoms with van der Waals surface area (Å²) in [7, 11) is 5.02. The lowest BCUT2D eigenvalue weighted by Gasteiger charge is -2.58. The third-order valence-electron chi connectivity index (χ3n) is 13.2. The molecular weight excluding hydrogens is 432 g/mol. The van der Waals surface area contributed by atoms with Crippen molar-refractivity contribution in [2.45, 2.75) is 110 Å². The highest BCUT2D eigenvalue weighted by atomic mass is 16.5. The Morgan fingerprint density at radius 2 is 1.60 bits per heavy atom. The predicted octanol–water partition coefficient (Wildman–Crippen LogP) is 5.71. The monoisotopic (exact) mass is 484 g/mol. The number of quaternary nitrogens is 2. The molecule has 0 aromatic carbocycles. The van der Waals surface area contributed by atoms with E-state index in [1.165, 1.54) is 101 Å². The first-order valence-electron chi connectivity index (χ1n) is 15.1. The number of fused-ring (bicyclic) bond motifs is 5. The van der Waals surface area contributed by atoms with Crippen LogP contribution in [0.25, 0.3) is 0 Å². The minimum absolute atomic E-state index is 0.0653. The number of likely N-dealkylation sites (N-methyl/N-ethyl adjacent to an activating group) is 1. The lowest BCUT2D eigenvalue weighted by Crippen LogP contribution is -2.57. The molecule has 2 aliphatic heterocycles. The number of carbonyl (C=O) groups excluding carboxylic acids is 1. The van der Waals surface area contributed by atoms with E-state index in [-0.39, 0.29) is 17.5 Å². The third kappa shape index (κ3) is 3.62. The lowest BCUT2D eigenvalue weighted by molar-refractivity contribution is -0.924. The van der Waals surface area contributed by atoms with Crippen LogP contribution in [0.4, 0.5) is 0 Å². The molecule has 6 rings (SSSR count). The maximum atomic E-state index is 12.3. The van der Waals surface area contributed by atoms with Gasteiger partial charge >= 0.3 is 5.97 Å². The van der Waals surface area contributed by atoms with E-state index >= 15 is 0 Å². The van der Waals surface area contributed by atoms with Gasteiger partial charge in [-0.3, -0.25) is 4.79 Å². The van der Waals surface area contributed by atoms with Crippen LogP contribution in [0.1, 0.15) is 91.4 Å². The number of hydrogen-bond donors (Lipinski definition) is 0. The van der Waals surface area contributed by atoms with Crippen molar-refractivity contribution < 1.29 is 18.5 Å². The minimum Gasteiger partial charge on any atom is -0.456 e. The van der Waals surface area contributed by atoms with Crippen LogP contribution in [-0.4, -0.2) is 73.4 Å². The zero-order valence-electron chi connectivity index (χ0n) is 23.4. The number of nitrogens with zero attached hydrogens (tertiary/aromatic N) is 2. The van der Waals surface area contributed by atoms with E-state index in [1.807, 2.05) is 5.57 Å². The normalized spacial score (nSPS) is 48.0. The molecule has 0 radical (unpaired) electrons. The zero-order chi connectivity index (χ0) is 24.6. The van der Waals surface area contributed by atoms with Crippen molar-refractivity contribution in [3.63, 3.8) is 0 Å². The van der Waals surface area contributed by atoms with Gasteiger partial charge in [0.1, 0.15) is 6.04 Å². The highest BCUT2D eigenvalue weighted by molar-refractivity contribution is 5.66. The summed E-state index contributed by atoms with van der Waals surface area (Å²) < 4.78 is 8.77. The molecular formula is C31H52N2O2+2. The quantitative estimate of drug-likeness (QED) is 0.291. The molecule has 0 spiro atoms. The van der Waals surface area contributed by atoms with Crippen LogP contribution in [0.2, 0.25) is 0 Å². The van der Waals surface area contributed by atoms with E-state index in [4.69, 9.17) is 4.74 Å². The van der Waals surface area contributed by atoms with Crippen LogP contribution in [0, 0.1) is 28.6 Å². The van der Waals surface area contributed by atoms with Gasteiger partial charge in [-0.1, -0.05) is 25.5 Å². The predicted molar refractivity (Wildman–Crippen MR) is 141 cm³/mol. The smallest absolute Gasteiger partial charge is 0.303 e. The molecule has 35 heavy (non-hydrogen) atoms. The number of carbonyl (C=O) groups is 1. The molecule has 6 aliphatic rings. The molecule has 0 bridgehead atoms. The van der Waals surface area contributed by atoms with Crippen LogP contribution >= 0.6 is 0 Å². The molecule has 196 valence electrons. The van der Waals surface area contributed by atoms with Crippen molar-refractivity contribution >= 4 is 5.97 Å². The van der Waals surface area contributed by atoms with Crippen LogP contribution < -0.4 is 0 Å². The third-order valence-corrected chi connectivity index (χ3v) is 13.2. The fraction of sp³-hybridized carbons (Fsp3) is 0.903. The second-order valence-corrected chi connectivity index (χ2v) is 14.8.